The fourth-order valence-corrected chi connectivity index (χ4v) is 9.40. The van der Waals surface area contributed by atoms with Crippen molar-refractivity contribution < 1.29 is 19.2 Å². The summed E-state index contributed by atoms with van der Waals surface area (Å²) in [5, 5.41) is 6.11. The molecule has 9 rings (SSSR count). The molecule has 6 aliphatic heterocycles. The van der Waals surface area contributed by atoms with Crippen molar-refractivity contribution in [2.75, 3.05) is 99.1 Å². The molecule has 4 N–H and O–H groups in total. The minimum absolute atomic E-state index is 0.0636. The quantitative estimate of drug-likeness (QED) is 0.277. The van der Waals surface area contributed by atoms with Crippen LogP contribution >= 0.6 is 0 Å². The molecule has 3 aromatic rings. The van der Waals surface area contributed by atoms with E-state index in [1.165, 1.54) is 0 Å². The maximum absolute atomic E-state index is 13.2. The molecule has 0 spiro atoms. The Labute approximate surface area is 338 Å². The number of aromatic nitrogens is 2. The Morgan fingerprint density at radius 1 is 0.897 bits per heavy atom. The van der Waals surface area contributed by atoms with Crippen LogP contribution in [0.1, 0.15) is 52.1 Å². The number of urea groups is 1. The summed E-state index contributed by atoms with van der Waals surface area (Å²) in [5.74, 6) is 0.691. The average Bonchev–Trinajstić information content (AvgIpc) is 3.72. The highest BCUT2D eigenvalue weighted by molar-refractivity contribution is 6.02. The molecule has 0 bridgehead atoms. The van der Waals surface area contributed by atoms with Gasteiger partial charge >= 0.3 is 6.03 Å². The number of hydrogen-bond acceptors (Lipinski definition) is 11. The molecule has 1 unspecified atom stereocenters. The summed E-state index contributed by atoms with van der Waals surface area (Å²) in [7, 11) is 1.84. The lowest BCUT2D eigenvalue weighted by Crippen LogP contribution is -2.55. The number of piperazine rings is 1. The lowest BCUT2D eigenvalue weighted by molar-refractivity contribution is -0.126. The van der Waals surface area contributed by atoms with Crippen molar-refractivity contribution >= 4 is 52.5 Å². The number of allylic oxidation sites excluding steroid dienone is 1. The number of benzene rings is 2. The van der Waals surface area contributed by atoms with Gasteiger partial charge in [-0.3, -0.25) is 19.3 Å². The minimum atomic E-state index is -0.653. The summed E-state index contributed by atoms with van der Waals surface area (Å²) < 4.78 is 0. The molecule has 5 fully saturated rings. The maximum Gasteiger partial charge on any atom is 0.320 e. The number of hydrogen-bond donors (Lipinski definition) is 3. The van der Waals surface area contributed by atoms with E-state index < -0.39 is 11.9 Å². The van der Waals surface area contributed by atoms with E-state index in [2.05, 4.69) is 60.0 Å². The van der Waals surface area contributed by atoms with E-state index in [1.807, 2.05) is 36.2 Å². The Morgan fingerprint density at radius 3 is 2.40 bits per heavy atom. The van der Waals surface area contributed by atoms with Crippen molar-refractivity contribution in [2.45, 2.75) is 44.3 Å². The Hall–Kier alpha value is -5.90. The Balaban J connectivity index is 0.753. The lowest BCUT2D eigenvalue weighted by atomic mass is 9.97. The van der Waals surface area contributed by atoms with Gasteiger partial charge in [0.1, 0.15) is 11.9 Å². The van der Waals surface area contributed by atoms with E-state index in [0.717, 1.165) is 101 Å². The molecular weight excluding hydrogens is 737 g/mol. The third kappa shape index (κ3) is 7.36. The summed E-state index contributed by atoms with van der Waals surface area (Å²) in [5.41, 5.74) is 11.3. The van der Waals surface area contributed by atoms with Crippen molar-refractivity contribution in [3.8, 4) is 0 Å². The van der Waals surface area contributed by atoms with Gasteiger partial charge in [0.25, 0.3) is 11.8 Å². The average molecular weight is 789 g/mol. The van der Waals surface area contributed by atoms with E-state index in [1.54, 1.807) is 16.0 Å². The molecule has 2 aromatic carbocycles. The van der Waals surface area contributed by atoms with Gasteiger partial charge in [0.05, 0.1) is 12.2 Å². The van der Waals surface area contributed by atoms with Crippen LogP contribution in [0.2, 0.25) is 0 Å². The smallest absolute Gasteiger partial charge is 0.320 e. The number of carbonyl (C=O) groups excluding carboxylic acids is 4. The first-order valence-corrected chi connectivity index (χ1v) is 20.5. The summed E-state index contributed by atoms with van der Waals surface area (Å²) in [6.07, 6.45) is 4.77. The number of amides is 5. The second-order valence-electron chi connectivity index (χ2n) is 16.6. The van der Waals surface area contributed by atoms with Crippen molar-refractivity contribution in [3.05, 3.63) is 77.8 Å². The summed E-state index contributed by atoms with van der Waals surface area (Å²) in [6, 6.07) is 14.0. The SMILES string of the molecule is C=C1CCC(N2Cc3cc(N4CC(CN5CCN(c6ccc(Nc7nc(N8CCC[C@@H](N9CCN(C)C9=O)C8)cnc7C(N)=O)cc6)CC5)C4)ccc3C2=O)C(=O)N1. The zero-order valence-corrected chi connectivity index (χ0v) is 33.1. The number of nitrogens with two attached hydrogens (primary N) is 1. The van der Waals surface area contributed by atoms with E-state index in [-0.39, 0.29) is 29.6 Å². The van der Waals surface area contributed by atoms with Gasteiger partial charge in [-0.1, -0.05) is 6.58 Å². The highest BCUT2D eigenvalue weighted by Crippen LogP contribution is 2.34. The summed E-state index contributed by atoms with van der Waals surface area (Å²) in [6.45, 7) is 14.1. The van der Waals surface area contributed by atoms with Crippen molar-refractivity contribution in [1.82, 2.24) is 34.9 Å². The van der Waals surface area contributed by atoms with Crippen LogP contribution in [0.15, 0.2) is 60.9 Å². The van der Waals surface area contributed by atoms with Crippen LogP contribution in [0.25, 0.3) is 0 Å². The zero-order valence-electron chi connectivity index (χ0n) is 33.1. The van der Waals surface area contributed by atoms with E-state index >= 15 is 0 Å². The number of fused-ring (bicyclic) bond motifs is 1. The molecule has 7 heterocycles. The number of anilines is 5. The Bertz CT molecular complexity index is 2110. The van der Waals surface area contributed by atoms with Crippen molar-refractivity contribution in [2.24, 2.45) is 11.7 Å². The molecule has 0 aliphatic carbocycles. The van der Waals surface area contributed by atoms with Crippen LogP contribution in [0.4, 0.5) is 33.5 Å². The molecule has 1 aromatic heterocycles. The first kappa shape index (κ1) is 37.7. The van der Waals surface area contributed by atoms with Crippen LogP contribution in [0.3, 0.4) is 0 Å². The van der Waals surface area contributed by atoms with Gasteiger partial charge in [-0.15, -0.1) is 0 Å². The molecule has 16 heteroatoms. The van der Waals surface area contributed by atoms with Gasteiger partial charge < -0.3 is 45.8 Å². The number of likely N-dealkylation sites (N-methyl/N-ethyl adjacent to an activating group) is 1. The number of primary amides is 1. The van der Waals surface area contributed by atoms with Gasteiger partial charge in [-0.25, -0.2) is 14.8 Å². The number of rotatable bonds is 10. The van der Waals surface area contributed by atoms with Gasteiger partial charge in [-0.05, 0) is 73.7 Å². The predicted octanol–water partition coefficient (Wildman–Crippen LogP) is 2.66. The fraction of sp³-hybridized carbons (Fsp3) is 0.476. The van der Waals surface area contributed by atoms with Gasteiger partial charge in [-0.2, -0.15) is 0 Å². The van der Waals surface area contributed by atoms with E-state index in [0.29, 0.717) is 54.7 Å². The zero-order chi connectivity index (χ0) is 40.1. The predicted molar refractivity (Wildman–Crippen MR) is 221 cm³/mol. The number of nitrogens with zero attached hydrogens (tertiary/aromatic N) is 9. The van der Waals surface area contributed by atoms with E-state index in [4.69, 9.17) is 10.7 Å². The molecule has 5 saturated heterocycles. The molecule has 0 saturated carbocycles. The van der Waals surface area contributed by atoms with Gasteiger partial charge in [0, 0.05) is 120 Å². The number of nitrogens with one attached hydrogen (secondary N) is 2. The van der Waals surface area contributed by atoms with Gasteiger partial charge in [0.2, 0.25) is 5.91 Å². The number of piperidine rings is 2. The largest absolute Gasteiger partial charge is 0.371 e. The first-order chi connectivity index (χ1) is 28.1. The summed E-state index contributed by atoms with van der Waals surface area (Å²) >= 11 is 0. The Kier molecular flexibility index (Phi) is 10.0. The third-order valence-corrected chi connectivity index (χ3v) is 12.7. The number of carbonyl (C=O) groups is 4. The van der Waals surface area contributed by atoms with Crippen LogP contribution in [-0.4, -0.2) is 144 Å². The van der Waals surface area contributed by atoms with Gasteiger partial charge in [0.15, 0.2) is 11.5 Å². The third-order valence-electron chi connectivity index (χ3n) is 12.7. The van der Waals surface area contributed by atoms with Crippen LogP contribution < -0.4 is 31.1 Å². The summed E-state index contributed by atoms with van der Waals surface area (Å²) in [4.78, 5) is 74.9. The minimum Gasteiger partial charge on any atom is -0.371 e. The maximum atomic E-state index is 13.2. The molecular formula is C42H52N12O4. The first-order valence-electron chi connectivity index (χ1n) is 20.5. The van der Waals surface area contributed by atoms with Crippen LogP contribution in [0.5, 0.6) is 0 Å². The Morgan fingerprint density at radius 2 is 1.67 bits per heavy atom. The molecule has 58 heavy (non-hydrogen) atoms. The van der Waals surface area contributed by atoms with Crippen LogP contribution in [-0.2, 0) is 11.3 Å². The molecule has 2 atom stereocenters. The highest BCUT2D eigenvalue weighted by Gasteiger charge is 2.39. The second kappa shape index (κ2) is 15.5. The normalized spacial score (nSPS) is 23.1. The van der Waals surface area contributed by atoms with E-state index in [9.17, 15) is 19.2 Å². The van der Waals surface area contributed by atoms with Crippen molar-refractivity contribution in [1.29, 1.82) is 0 Å². The topological polar surface area (TPSA) is 167 Å². The second-order valence-corrected chi connectivity index (χ2v) is 16.6. The molecule has 16 nitrogen and oxygen atoms in total. The molecule has 304 valence electrons. The van der Waals surface area contributed by atoms with Crippen molar-refractivity contribution in [3.63, 3.8) is 0 Å². The molecule has 5 amide bonds. The monoisotopic (exact) mass is 788 g/mol. The highest BCUT2D eigenvalue weighted by atomic mass is 16.2. The lowest BCUT2D eigenvalue weighted by Gasteiger charge is -2.45. The standard InChI is InChI=1S/C42H52N12O4/c1-27-5-12-35(40(56)45-27)54-25-29-20-32(10-11-34(29)41(54)57)52-23-28(24-52)22-49-15-17-50(18-16-49)31-8-6-30(7-9-31)46-39-37(38(43)55)44-21-36(47-39)51-13-3-4-33(26-51)53-19-14-48(2)42(53)58/h6-11,20-21,28,33,35H,1,3-5,12-19,22-26H2,2H3,(H2,43,55)(H,45,56)(H,46,47)/t33-,35?/m1/s1. The fourth-order valence-electron chi connectivity index (χ4n) is 9.40. The molecule has 6 aliphatic rings. The van der Waals surface area contributed by atoms with Crippen LogP contribution in [0, 0.1) is 5.92 Å². The molecule has 0 radical (unpaired) electrons.